The third-order valence-corrected chi connectivity index (χ3v) is 16.6. The maximum atomic E-state index is 12.6. The summed E-state index contributed by atoms with van der Waals surface area (Å²) in [5.74, 6) is 19.9. The van der Waals surface area contributed by atoms with Gasteiger partial charge in [0, 0.05) is 136 Å². The summed E-state index contributed by atoms with van der Waals surface area (Å²) in [4.78, 5) is 88.8. The summed E-state index contributed by atoms with van der Waals surface area (Å²) in [6.45, 7) is 6.62. The summed E-state index contributed by atoms with van der Waals surface area (Å²) < 4.78 is 22.1. The number of nitrogens with one attached hydrogen (secondary N) is 4. The van der Waals surface area contributed by atoms with Gasteiger partial charge in [0.25, 0.3) is 0 Å². The molecule has 0 saturated carbocycles. The predicted octanol–water partition coefficient (Wildman–Crippen LogP) is 7.33. The molecule has 4 amide bonds. The third-order valence-electron chi connectivity index (χ3n) is 16.6. The molecule has 0 bridgehead atoms. The van der Waals surface area contributed by atoms with Gasteiger partial charge in [-0.15, -0.1) is 0 Å². The van der Waals surface area contributed by atoms with E-state index < -0.39 is 37.5 Å². The number of hydrogen-bond donors (Lipinski definition) is 4. The van der Waals surface area contributed by atoms with Gasteiger partial charge >= 0.3 is 39.9 Å². The van der Waals surface area contributed by atoms with Crippen molar-refractivity contribution in [3.05, 3.63) is 0 Å². The Morgan fingerprint density at radius 2 is 0.490 bits per heavy atom. The Kier molecular flexibility index (Phi) is 76.8. The SMILES string of the molecule is CCCCCCCCCCCCC#CC#CCCCCCCCCC(=O)NCCOCCOCCNC(=O)CCN(CCN(CCN(CCC(=O)NCCOCCOCCNC(=O)CCCCCCCCC#CC#CCCCCCCCCCCCC)CC(=O)[O-])CC(=O)[O-])CC(=O)[O-].[Gd+3]. The molecule has 0 fully saturated rings. The first-order valence-corrected chi connectivity index (χ1v) is 38.4. The van der Waals surface area contributed by atoms with Crippen molar-refractivity contribution in [3.8, 4) is 47.4 Å². The maximum Gasteiger partial charge on any atom is 3.00 e. The molecule has 0 rings (SSSR count). The number of carboxylic acids is 3. The van der Waals surface area contributed by atoms with Gasteiger partial charge in [-0.1, -0.05) is 204 Å². The van der Waals surface area contributed by atoms with Gasteiger partial charge in [0.2, 0.25) is 23.6 Å². The number of ether oxygens (including phenoxy) is 4. The molecule has 21 nitrogen and oxygen atoms in total. The van der Waals surface area contributed by atoms with Gasteiger partial charge in [-0.2, -0.15) is 0 Å². The van der Waals surface area contributed by atoms with E-state index in [1.54, 1.807) is 0 Å². The molecule has 4 N–H and O–H groups in total. The Morgan fingerprint density at radius 1 is 0.280 bits per heavy atom. The minimum atomic E-state index is -1.40. The molecule has 571 valence electrons. The van der Waals surface area contributed by atoms with Crippen LogP contribution in [0.4, 0.5) is 0 Å². The van der Waals surface area contributed by atoms with E-state index in [4.69, 9.17) is 18.9 Å². The first-order valence-electron chi connectivity index (χ1n) is 38.4. The minimum absolute atomic E-state index is 0. The van der Waals surface area contributed by atoms with Crippen LogP contribution in [0, 0.1) is 87.3 Å². The quantitative estimate of drug-likeness (QED) is 0.0342. The summed E-state index contributed by atoms with van der Waals surface area (Å²) in [6, 6.07) is 0. The van der Waals surface area contributed by atoms with Crippen molar-refractivity contribution in [2.45, 2.75) is 271 Å². The molecule has 0 aromatic carbocycles. The van der Waals surface area contributed by atoms with E-state index >= 15 is 0 Å². The molecule has 0 heterocycles. The second-order valence-electron chi connectivity index (χ2n) is 25.6. The van der Waals surface area contributed by atoms with Gasteiger partial charge in [0.05, 0.1) is 70.8 Å². The zero-order chi connectivity index (χ0) is 72.2. The van der Waals surface area contributed by atoms with Crippen LogP contribution in [-0.2, 0) is 52.5 Å². The van der Waals surface area contributed by atoms with Crippen LogP contribution in [0.15, 0.2) is 0 Å². The second-order valence-corrected chi connectivity index (χ2v) is 25.6. The molecule has 0 aromatic heterocycles. The molecule has 0 spiro atoms. The normalized spacial score (nSPS) is 10.8. The van der Waals surface area contributed by atoms with Crippen molar-refractivity contribution in [1.29, 1.82) is 0 Å². The number of aliphatic carboxylic acids is 3. The van der Waals surface area contributed by atoms with Crippen LogP contribution in [0.3, 0.4) is 0 Å². The third kappa shape index (κ3) is 77.7. The Hall–Kier alpha value is -4.43. The van der Waals surface area contributed by atoms with Crippen LogP contribution in [0.2, 0.25) is 0 Å². The zero-order valence-electron chi connectivity index (χ0n) is 62.0. The number of carbonyl (C=O) groups excluding carboxylic acids is 7. The fourth-order valence-electron chi connectivity index (χ4n) is 10.7. The van der Waals surface area contributed by atoms with Crippen LogP contribution in [0.25, 0.3) is 0 Å². The molecule has 0 unspecified atom stereocenters. The van der Waals surface area contributed by atoms with Crippen molar-refractivity contribution in [2.75, 3.05) is 138 Å². The van der Waals surface area contributed by atoms with Crippen LogP contribution in [0.1, 0.15) is 271 Å². The Labute approximate surface area is 636 Å². The van der Waals surface area contributed by atoms with Crippen molar-refractivity contribution in [1.82, 2.24) is 36.0 Å². The Balaban J connectivity index is 0. The van der Waals surface area contributed by atoms with Crippen molar-refractivity contribution < 1.29 is 108 Å². The molecule has 100 heavy (non-hydrogen) atoms. The summed E-state index contributed by atoms with van der Waals surface area (Å²) in [5, 5.41) is 46.0. The van der Waals surface area contributed by atoms with Gasteiger partial charge < -0.3 is 69.9 Å². The number of rotatable bonds is 72. The molecule has 0 aliphatic carbocycles. The molecule has 0 aromatic rings. The molecular formula is C78H132GdN7O14. The molecule has 0 atom stereocenters. The maximum absolute atomic E-state index is 12.6. The zero-order valence-corrected chi connectivity index (χ0v) is 64.3. The van der Waals surface area contributed by atoms with Crippen molar-refractivity contribution in [3.63, 3.8) is 0 Å². The van der Waals surface area contributed by atoms with E-state index in [9.17, 15) is 48.9 Å². The number of nitrogens with zero attached hydrogens (tertiary/aromatic N) is 3. The summed E-state index contributed by atoms with van der Waals surface area (Å²) in [6.07, 6.45) is 43.7. The average Bonchev–Trinajstić information content (AvgIpc) is 1.50. The Bertz CT molecular complexity index is 2140. The first-order chi connectivity index (χ1) is 48.4. The number of unbranched alkanes of at least 4 members (excludes halogenated alkanes) is 32. The van der Waals surface area contributed by atoms with Crippen LogP contribution in [0.5, 0.6) is 0 Å². The van der Waals surface area contributed by atoms with E-state index in [1.807, 2.05) is 0 Å². The van der Waals surface area contributed by atoms with E-state index in [0.717, 1.165) is 103 Å². The van der Waals surface area contributed by atoms with Crippen LogP contribution < -0.4 is 36.6 Å². The van der Waals surface area contributed by atoms with E-state index in [2.05, 4.69) is 82.5 Å². The average molecular weight is 1550 g/mol. The van der Waals surface area contributed by atoms with Gasteiger partial charge in [-0.3, -0.25) is 33.9 Å². The molecule has 0 aliphatic heterocycles. The number of carboxylic acid groups (broad SMARTS) is 3. The van der Waals surface area contributed by atoms with Crippen LogP contribution in [-0.4, -0.2) is 194 Å². The predicted molar refractivity (Wildman–Crippen MR) is 387 cm³/mol. The Morgan fingerprint density at radius 3 is 0.730 bits per heavy atom. The van der Waals surface area contributed by atoms with E-state index in [-0.39, 0.29) is 155 Å². The van der Waals surface area contributed by atoms with E-state index in [0.29, 0.717) is 52.4 Å². The molecule has 0 saturated heterocycles. The van der Waals surface area contributed by atoms with Gasteiger partial charge in [0.1, 0.15) is 0 Å². The molecule has 0 aliphatic rings. The van der Waals surface area contributed by atoms with Gasteiger partial charge in [-0.25, -0.2) is 0 Å². The summed E-state index contributed by atoms with van der Waals surface area (Å²) in [7, 11) is 0. The second kappa shape index (κ2) is 78.7. The fourth-order valence-corrected chi connectivity index (χ4v) is 10.7. The van der Waals surface area contributed by atoms with E-state index in [1.165, 1.54) is 143 Å². The summed E-state index contributed by atoms with van der Waals surface area (Å²) >= 11 is 0. The largest absolute Gasteiger partial charge is 3.00 e. The molecule has 1 radical (unpaired) electrons. The van der Waals surface area contributed by atoms with Gasteiger partial charge in [-0.05, 0) is 62.2 Å². The standard InChI is InChI=1S/C78H135N7O14.Gd/c1-3-5-7-9-11-13-15-17-19-21-23-25-27-29-31-33-35-37-39-41-43-45-47-72(86)79-51-61-96-65-67-98-63-53-81-74(88)49-55-83(69-76(90)91)57-59-85(71-78(94)95)60-58-84(70-77(92)93)56-50-75(89)82-54-64-99-68-66-97-62-52-80-73(87)48-46-44-42-40-38-36-34-32-30-28-26-24-22-20-18-16-14-12-10-8-6-4-2;/h3-24,33-71H2,1-2H3,(H,79,86)(H,80,87)(H,81,88)(H,82,89)(H,90,91)(H,92,93)(H,94,95);/q;+3/p-3. The van der Waals surface area contributed by atoms with Crippen molar-refractivity contribution in [2.24, 2.45) is 0 Å². The smallest absolute Gasteiger partial charge is 0.549 e. The number of carbonyl (C=O) groups is 7. The molecule has 22 heteroatoms. The number of hydrogen-bond acceptors (Lipinski definition) is 17. The fraction of sp³-hybridized carbons (Fsp3) is 0.808. The first kappa shape index (κ1) is 97.6. The minimum Gasteiger partial charge on any atom is -0.549 e. The van der Waals surface area contributed by atoms with Crippen molar-refractivity contribution >= 4 is 41.5 Å². The van der Waals surface area contributed by atoms with Crippen LogP contribution >= 0.6 is 0 Å². The van der Waals surface area contributed by atoms with Gasteiger partial charge in [0.15, 0.2) is 0 Å². The topological polar surface area (TPSA) is 283 Å². The molecular weight excluding hydrogens is 1420 g/mol. The monoisotopic (exact) mass is 1550 g/mol. The number of amides is 4. The summed E-state index contributed by atoms with van der Waals surface area (Å²) in [5.41, 5.74) is 0.